The molecule has 3 nitrogen and oxygen atoms in total. The van der Waals surface area contributed by atoms with E-state index in [1.54, 1.807) is 12.1 Å². The molecule has 3 aromatic rings. The summed E-state index contributed by atoms with van der Waals surface area (Å²) in [6.07, 6.45) is 0. The summed E-state index contributed by atoms with van der Waals surface area (Å²) in [5.74, 6) is 1.05. The van der Waals surface area contributed by atoms with Gasteiger partial charge >= 0.3 is 0 Å². The van der Waals surface area contributed by atoms with Crippen molar-refractivity contribution in [1.29, 1.82) is 0 Å². The molecule has 0 N–H and O–H groups in total. The van der Waals surface area contributed by atoms with E-state index in [4.69, 9.17) is 23.2 Å². The number of hydrogen-bond acceptors (Lipinski definition) is 3. The van der Waals surface area contributed by atoms with Crippen LogP contribution in [-0.2, 0) is 0 Å². The Morgan fingerprint density at radius 1 is 0.650 bits per heavy atom. The Morgan fingerprint density at radius 3 is 2.00 bits per heavy atom. The van der Waals surface area contributed by atoms with Crippen molar-refractivity contribution in [2.75, 3.05) is 0 Å². The number of aromatic nitrogens is 3. The standard InChI is InChI=1S/C15H9Cl2N3/c16-12-8-4-7-11(9-12)14-18-13(19-15(17)20-14)10-5-2-1-3-6-10/h1-9H. The number of benzene rings is 2. The van der Waals surface area contributed by atoms with Crippen LogP contribution >= 0.6 is 23.2 Å². The lowest BCUT2D eigenvalue weighted by atomic mass is 10.2. The minimum absolute atomic E-state index is 0.161. The van der Waals surface area contributed by atoms with Gasteiger partial charge in [-0.15, -0.1) is 0 Å². The molecule has 0 spiro atoms. The molecule has 1 aromatic heterocycles. The van der Waals surface area contributed by atoms with E-state index >= 15 is 0 Å². The lowest BCUT2D eigenvalue weighted by molar-refractivity contribution is 1.07. The lowest BCUT2D eigenvalue weighted by Gasteiger charge is -2.05. The summed E-state index contributed by atoms with van der Waals surface area (Å²) in [5, 5.41) is 0.786. The minimum atomic E-state index is 0.161. The van der Waals surface area contributed by atoms with Crippen molar-refractivity contribution in [2.45, 2.75) is 0 Å². The molecule has 0 radical (unpaired) electrons. The molecule has 0 fully saturated rings. The zero-order chi connectivity index (χ0) is 13.9. The summed E-state index contributed by atoms with van der Waals surface area (Å²) in [5.41, 5.74) is 1.69. The molecule has 20 heavy (non-hydrogen) atoms. The second-order valence-corrected chi connectivity index (χ2v) is 4.90. The van der Waals surface area contributed by atoms with Crippen molar-refractivity contribution in [3.05, 3.63) is 64.9 Å². The third-order valence-corrected chi connectivity index (χ3v) is 3.13. The average molecular weight is 302 g/mol. The van der Waals surface area contributed by atoms with Crippen molar-refractivity contribution in [2.24, 2.45) is 0 Å². The number of rotatable bonds is 2. The van der Waals surface area contributed by atoms with Gasteiger partial charge in [0.05, 0.1) is 0 Å². The van der Waals surface area contributed by atoms with Crippen LogP contribution in [0.3, 0.4) is 0 Å². The fourth-order valence-electron chi connectivity index (χ4n) is 1.82. The average Bonchev–Trinajstić information content (AvgIpc) is 2.47. The Hall–Kier alpha value is -1.97. The van der Waals surface area contributed by atoms with E-state index in [2.05, 4.69) is 15.0 Å². The zero-order valence-electron chi connectivity index (χ0n) is 10.3. The Labute approximate surface area is 126 Å². The molecule has 0 atom stereocenters. The molecule has 1 heterocycles. The first kappa shape index (κ1) is 13.0. The molecule has 98 valence electrons. The van der Waals surface area contributed by atoms with Gasteiger partial charge in [-0.05, 0) is 23.7 Å². The summed E-state index contributed by atoms with van der Waals surface area (Å²) < 4.78 is 0. The smallest absolute Gasteiger partial charge is 0.208 e. The molecule has 0 aliphatic carbocycles. The molecule has 2 aromatic carbocycles. The van der Waals surface area contributed by atoms with E-state index in [0.29, 0.717) is 16.7 Å². The Morgan fingerprint density at radius 2 is 1.30 bits per heavy atom. The number of nitrogens with zero attached hydrogens (tertiary/aromatic N) is 3. The first-order valence-electron chi connectivity index (χ1n) is 5.95. The Bertz CT molecular complexity index is 745. The molecule has 3 rings (SSSR count). The van der Waals surface area contributed by atoms with Crippen LogP contribution in [0, 0.1) is 0 Å². The predicted molar refractivity (Wildman–Crippen MR) is 80.7 cm³/mol. The maximum absolute atomic E-state index is 5.99. The molecular weight excluding hydrogens is 293 g/mol. The van der Waals surface area contributed by atoms with Crippen molar-refractivity contribution in [3.63, 3.8) is 0 Å². The number of halogens is 2. The van der Waals surface area contributed by atoms with Crippen LogP contribution in [0.5, 0.6) is 0 Å². The molecule has 0 amide bonds. The topological polar surface area (TPSA) is 38.7 Å². The maximum atomic E-state index is 5.99. The van der Waals surface area contributed by atoms with E-state index in [-0.39, 0.29) is 5.28 Å². The van der Waals surface area contributed by atoms with Crippen LogP contribution in [0.2, 0.25) is 10.3 Å². The van der Waals surface area contributed by atoms with Crippen LogP contribution in [0.15, 0.2) is 54.6 Å². The first-order chi connectivity index (χ1) is 9.72. The SMILES string of the molecule is Clc1cccc(-c2nc(Cl)nc(-c3ccccc3)n2)c1. The van der Waals surface area contributed by atoms with Crippen LogP contribution < -0.4 is 0 Å². The van der Waals surface area contributed by atoms with Gasteiger partial charge in [0.2, 0.25) is 5.28 Å². The van der Waals surface area contributed by atoms with Crippen LogP contribution in [0.25, 0.3) is 22.8 Å². The highest BCUT2D eigenvalue weighted by molar-refractivity contribution is 6.30. The molecule has 0 bridgehead atoms. The fraction of sp³-hybridized carbons (Fsp3) is 0. The summed E-state index contributed by atoms with van der Waals surface area (Å²) in [6.45, 7) is 0. The van der Waals surface area contributed by atoms with Crippen LogP contribution in [0.1, 0.15) is 0 Å². The van der Waals surface area contributed by atoms with Crippen molar-refractivity contribution >= 4 is 23.2 Å². The van der Waals surface area contributed by atoms with Gasteiger partial charge in [-0.1, -0.05) is 54.1 Å². The van der Waals surface area contributed by atoms with Gasteiger partial charge < -0.3 is 0 Å². The predicted octanol–water partition coefficient (Wildman–Crippen LogP) is 4.51. The summed E-state index contributed by atoms with van der Waals surface area (Å²) >= 11 is 12.0. The minimum Gasteiger partial charge on any atom is -0.208 e. The molecule has 0 unspecified atom stereocenters. The van der Waals surface area contributed by atoms with E-state index in [9.17, 15) is 0 Å². The van der Waals surface area contributed by atoms with Gasteiger partial charge in [-0.25, -0.2) is 4.98 Å². The van der Waals surface area contributed by atoms with Crippen molar-refractivity contribution in [1.82, 2.24) is 15.0 Å². The van der Waals surface area contributed by atoms with Crippen LogP contribution in [0.4, 0.5) is 0 Å². The molecule has 0 saturated carbocycles. The zero-order valence-corrected chi connectivity index (χ0v) is 11.8. The lowest BCUT2D eigenvalue weighted by Crippen LogP contribution is -1.97. The largest absolute Gasteiger partial charge is 0.226 e. The van der Waals surface area contributed by atoms with Gasteiger partial charge in [0.1, 0.15) is 0 Å². The normalized spacial score (nSPS) is 10.5. The Kier molecular flexibility index (Phi) is 3.63. The van der Waals surface area contributed by atoms with Gasteiger partial charge in [-0.3, -0.25) is 0 Å². The second-order valence-electron chi connectivity index (χ2n) is 4.13. The van der Waals surface area contributed by atoms with E-state index < -0.39 is 0 Å². The third-order valence-electron chi connectivity index (χ3n) is 2.72. The monoisotopic (exact) mass is 301 g/mol. The van der Waals surface area contributed by atoms with Crippen molar-refractivity contribution in [3.8, 4) is 22.8 Å². The van der Waals surface area contributed by atoms with Crippen molar-refractivity contribution < 1.29 is 0 Å². The fourth-order valence-corrected chi connectivity index (χ4v) is 2.17. The number of hydrogen-bond donors (Lipinski definition) is 0. The highest BCUT2D eigenvalue weighted by Gasteiger charge is 2.09. The van der Waals surface area contributed by atoms with E-state index in [1.807, 2.05) is 42.5 Å². The highest BCUT2D eigenvalue weighted by atomic mass is 35.5. The maximum Gasteiger partial charge on any atom is 0.226 e. The molecule has 5 heteroatoms. The van der Waals surface area contributed by atoms with E-state index in [0.717, 1.165) is 11.1 Å². The molecular formula is C15H9Cl2N3. The quantitative estimate of drug-likeness (QED) is 0.699. The van der Waals surface area contributed by atoms with Crippen LogP contribution in [-0.4, -0.2) is 15.0 Å². The van der Waals surface area contributed by atoms with E-state index in [1.165, 1.54) is 0 Å². The van der Waals surface area contributed by atoms with Gasteiger partial charge in [-0.2, -0.15) is 9.97 Å². The molecule has 0 saturated heterocycles. The highest BCUT2D eigenvalue weighted by Crippen LogP contribution is 2.23. The third kappa shape index (κ3) is 2.79. The molecule has 0 aliphatic rings. The Balaban J connectivity index is 2.12. The first-order valence-corrected chi connectivity index (χ1v) is 6.71. The summed E-state index contributed by atoms with van der Waals surface area (Å²) in [6, 6.07) is 16.9. The summed E-state index contributed by atoms with van der Waals surface area (Å²) in [7, 11) is 0. The van der Waals surface area contributed by atoms with Gasteiger partial charge in [0.15, 0.2) is 11.6 Å². The molecule has 0 aliphatic heterocycles. The second kappa shape index (κ2) is 5.57. The van der Waals surface area contributed by atoms with Gasteiger partial charge in [0, 0.05) is 16.1 Å². The van der Waals surface area contributed by atoms with Gasteiger partial charge in [0.25, 0.3) is 0 Å². The summed E-state index contributed by atoms with van der Waals surface area (Å²) in [4.78, 5) is 12.8.